The minimum atomic E-state index is -0.252. The molecule has 2 aromatic rings. The normalized spacial score (nSPS) is 11.8. The topological polar surface area (TPSA) is 88.6 Å². The van der Waals surface area contributed by atoms with Crippen LogP contribution >= 0.6 is 0 Å². The van der Waals surface area contributed by atoms with Crippen molar-refractivity contribution in [2.24, 2.45) is 5.92 Å². The number of nitrogens with one attached hydrogen (secondary N) is 2. The molecule has 0 fully saturated rings. The SMILES string of the molecule is CCOc1ccc(N(C(=O)NCC(C)C)c2ccnc(NC(C)COC)n2)cc1. The molecule has 8 heteroatoms. The average molecular weight is 402 g/mol. The van der Waals surface area contributed by atoms with E-state index in [9.17, 15) is 4.79 Å². The van der Waals surface area contributed by atoms with Gasteiger partial charge in [0, 0.05) is 32.0 Å². The van der Waals surface area contributed by atoms with E-state index in [0.717, 1.165) is 5.75 Å². The number of carbonyl (C=O) groups excluding carboxylic acids is 1. The summed E-state index contributed by atoms with van der Waals surface area (Å²) in [6.07, 6.45) is 1.63. The molecule has 0 saturated heterocycles. The summed E-state index contributed by atoms with van der Waals surface area (Å²) in [5.41, 5.74) is 0.685. The van der Waals surface area contributed by atoms with Crippen molar-refractivity contribution in [1.29, 1.82) is 0 Å². The number of benzene rings is 1. The van der Waals surface area contributed by atoms with Crippen LogP contribution in [-0.2, 0) is 4.74 Å². The van der Waals surface area contributed by atoms with E-state index in [1.807, 2.05) is 52.0 Å². The summed E-state index contributed by atoms with van der Waals surface area (Å²) in [6, 6.07) is 8.83. The van der Waals surface area contributed by atoms with Gasteiger partial charge in [0.15, 0.2) is 0 Å². The van der Waals surface area contributed by atoms with Crippen LogP contribution in [0.15, 0.2) is 36.5 Å². The first-order valence-corrected chi connectivity index (χ1v) is 9.83. The van der Waals surface area contributed by atoms with E-state index in [-0.39, 0.29) is 12.1 Å². The number of amides is 2. The quantitative estimate of drug-likeness (QED) is 0.629. The molecule has 2 N–H and O–H groups in total. The van der Waals surface area contributed by atoms with Gasteiger partial charge >= 0.3 is 6.03 Å². The van der Waals surface area contributed by atoms with Gasteiger partial charge in [0.2, 0.25) is 5.95 Å². The van der Waals surface area contributed by atoms with Gasteiger partial charge in [-0.25, -0.2) is 14.7 Å². The Labute approximate surface area is 172 Å². The molecule has 158 valence electrons. The van der Waals surface area contributed by atoms with Crippen molar-refractivity contribution in [3.05, 3.63) is 36.5 Å². The molecule has 1 aromatic heterocycles. The molecule has 0 spiro atoms. The molecule has 0 aliphatic rings. The third kappa shape index (κ3) is 6.90. The Balaban J connectivity index is 2.32. The molecular formula is C21H31N5O3. The fourth-order valence-electron chi connectivity index (χ4n) is 2.64. The number of aromatic nitrogens is 2. The lowest BCUT2D eigenvalue weighted by molar-refractivity contribution is 0.190. The van der Waals surface area contributed by atoms with Crippen molar-refractivity contribution in [3.63, 3.8) is 0 Å². The maximum absolute atomic E-state index is 13.0. The maximum atomic E-state index is 13.0. The van der Waals surface area contributed by atoms with E-state index in [2.05, 4.69) is 20.6 Å². The molecule has 0 bridgehead atoms. The lowest BCUT2D eigenvalue weighted by Gasteiger charge is -2.24. The Morgan fingerprint density at radius 2 is 1.90 bits per heavy atom. The highest BCUT2D eigenvalue weighted by molar-refractivity contribution is 5.98. The second kappa shape index (κ2) is 11.2. The molecular weight excluding hydrogens is 370 g/mol. The monoisotopic (exact) mass is 401 g/mol. The molecule has 1 aromatic carbocycles. The van der Waals surface area contributed by atoms with E-state index in [0.29, 0.717) is 43.1 Å². The molecule has 8 nitrogen and oxygen atoms in total. The number of carbonyl (C=O) groups is 1. The van der Waals surface area contributed by atoms with Crippen LogP contribution in [0.5, 0.6) is 5.75 Å². The van der Waals surface area contributed by atoms with Crippen molar-refractivity contribution in [3.8, 4) is 5.75 Å². The fraction of sp³-hybridized carbons (Fsp3) is 0.476. The van der Waals surface area contributed by atoms with Crippen LogP contribution in [-0.4, -0.2) is 48.9 Å². The van der Waals surface area contributed by atoms with Gasteiger partial charge in [-0.15, -0.1) is 0 Å². The predicted octanol–water partition coefficient (Wildman–Crippen LogP) is 3.83. The third-order valence-corrected chi connectivity index (χ3v) is 3.93. The summed E-state index contributed by atoms with van der Waals surface area (Å²) in [4.78, 5) is 23.3. The number of methoxy groups -OCH3 is 1. The number of rotatable bonds is 10. The lowest BCUT2D eigenvalue weighted by Crippen LogP contribution is -2.39. The average Bonchev–Trinajstić information content (AvgIpc) is 2.68. The van der Waals surface area contributed by atoms with Gasteiger partial charge in [0.25, 0.3) is 0 Å². The van der Waals surface area contributed by atoms with E-state index < -0.39 is 0 Å². The first kappa shape index (κ1) is 22.4. The van der Waals surface area contributed by atoms with Crippen LogP contribution in [0.2, 0.25) is 0 Å². The summed E-state index contributed by atoms with van der Waals surface area (Å²) >= 11 is 0. The van der Waals surface area contributed by atoms with Crippen LogP contribution in [0.25, 0.3) is 0 Å². The van der Waals surface area contributed by atoms with E-state index in [1.54, 1.807) is 19.4 Å². The van der Waals surface area contributed by atoms with E-state index in [1.165, 1.54) is 4.90 Å². The van der Waals surface area contributed by atoms with Crippen LogP contribution in [0.3, 0.4) is 0 Å². The summed E-state index contributed by atoms with van der Waals surface area (Å²) in [5.74, 6) is 1.98. The van der Waals surface area contributed by atoms with Crippen LogP contribution in [0.1, 0.15) is 27.7 Å². The van der Waals surface area contributed by atoms with Crippen molar-refractivity contribution < 1.29 is 14.3 Å². The number of ether oxygens (including phenoxy) is 2. The van der Waals surface area contributed by atoms with Gasteiger partial charge in [-0.3, -0.25) is 0 Å². The third-order valence-electron chi connectivity index (χ3n) is 3.93. The molecule has 0 aliphatic carbocycles. The highest BCUT2D eigenvalue weighted by Gasteiger charge is 2.20. The first-order chi connectivity index (χ1) is 13.9. The minimum absolute atomic E-state index is 0.0314. The van der Waals surface area contributed by atoms with Crippen molar-refractivity contribution >= 4 is 23.5 Å². The van der Waals surface area contributed by atoms with Crippen LogP contribution in [0.4, 0.5) is 22.2 Å². The van der Waals surface area contributed by atoms with Gasteiger partial charge in [-0.05, 0) is 44.0 Å². The Morgan fingerprint density at radius 1 is 1.17 bits per heavy atom. The second-order valence-electron chi connectivity index (χ2n) is 7.08. The predicted molar refractivity (Wildman–Crippen MR) is 115 cm³/mol. The number of hydrogen-bond donors (Lipinski definition) is 2. The smallest absolute Gasteiger partial charge is 0.327 e. The van der Waals surface area contributed by atoms with Crippen LogP contribution in [0, 0.1) is 5.92 Å². The summed E-state index contributed by atoms with van der Waals surface area (Å²) in [5, 5.41) is 6.13. The zero-order valence-electron chi connectivity index (χ0n) is 17.8. The Hall–Kier alpha value is -2.87. The van der Waals surface area contributed by atoms with Gasteiger partial charge in [0.05, 0.1) is 18.9 Å². The summed E-state index contributed by atoms with van der Waals surface area (Å²) in [7, 11) is 1.64. The van der Waals surface area contributed by atoms with Crippen LogP contribution < -0.4 is 20.3 Å². The molecule has 29 heavy (non-hydrogen) atoms. The second-order valence-corrected chi connectivity index (χ2v) is 7.08. The molecule has 2 rings (SSSR count). The van der Waals surface area contributed by atoms with E-state index in [4.69, 9.17) is 9.47 Å². The molecule has 0 aliphatic heterocycles. The van der Waals surface area contributed by atoms with Crippen molar-refractivity contribution in [2.45, 2.75) is 33.7 Å². The summed E-state index contributed by atoms with van der Waals surface area (Å²) in [6.45, 7) is 9.66. The van der Waals surface area contributed by atoms with Crippen molar-refractivity contribution in [1.82, 2.24) is 15.3 Å². The number of nitrogens with zero attached hydrogens (tertiary/aromatic N) is 3. The molecule has 1 unspecified atom stereocenters. The van der Waals surface area contributed by atoms with Gasteiger partial charge in [-0.1, -0.05) is 13.8 Å². The number of hydrogen-bond acceptors (Lipinski definition) is 6. The Bertz CT molecular complexity index is 767. The van der Waals surface area contributed by atoms with Crippen molar-refractivity contribution in [2.75, 3.05) is 37.1 Å². The minimum Gasteiger partial charge on any atom is -0.494 e. The lowest BCUT2D eigenvalue weighted by atomic mass is 10.2. The summed E-state index contributed by atoms with van der Waals surface area (Å²) < 4.78 is 10.6. The Morgan fingerprint density at radius 3 is 2.52 bits per heavy atom. The number of anilines is 3. The fourth-order valence-corrected chi connectivity index (χ4v) is 2.64. The molecule has 0 radical (unpaired) electrons. The highest BCUT2D eigenvalue weighted by atomic mass is 16.5. The molecule has 1 heterocycles. The highest BCUT2D eigenvalue weighted by Crippen LogP contribution is 2.26. The van der Waals surface area contributed by atoms with Gasteiger partial charge < -0.3 is 20.1 Å². The zero-order valence-corrected chi connectivity index (χ0v) is 17.8. The zero-order chi connectivity index (χ0) is 21.2. The Kier molecular flexibility index (Phi) is 8.67. The standard InChI is InChI=1S/C21H31N5O3/c1-6-29-18-9-7-17(8-10-18)26(21(27)23-13-15(2)3)19-11-12-22-20(25-19)24-16(4)14-28-5/h7-12,15-16H,6,13-14H2,1-5H3,(H,23,27)(H,22,24,25). The van der Waals surface area contributed by atoms with Gasteiger partial charge in [-0.2, -0.15) is 4.98 Å². The first-order valence-electron chi connectivity index (χ1n) is 9.83. The molecule has 2 amide bonds. The maximum Gasteiger partial charge on any atom is 0.327 e. The molecule has 1 atom stereocenters. The van der Waals surface area contributed by atoms with Gasteiger partial charge in [0.1, 0.15) is 11.6 Å². The van der Waals surface area contributed by atoms with E-state index >= 15 is 0 Å². The largest absolute Gasteiger partial charge is 0.494 e. The molecule has 0 saturated carbocycles. The number of urea groups is 1.